The minimum Gasteiger partial charge on any atom is -0.494 e. The largest absolute Gasteiger partial charge is 0.494 e. The van der Waals surface area contributed by atoms with Crippen LogP contribution in [0.15, 0.2) is 24.3 Å². The summed E-state index contributed by atoms with van der Waals surface area (Å²) in [5, 5.41) is 0. The topological polar surface area (TPSA) is 9.23 Å². The molecule has 102 valence electrons. The summed E-state index contributed by atoms with van der Waals surface area (Å²) in [5.41, 5.74) is 1.43. The molecule has 0 aliphatic heterocycles. The van der Waals surface area contributed by atoms with Gasteiger partial charge >= 0.3 is 0 Å². The Labute approximate surface area is 123 Å². The molecule has 3 saturated carbocycles. The average molecular weight is 321 g/mol. The van der Waals surface area contributed by atoms with Gasteiger partial charge in [0, 0.05) is 4.83 Å². The van der Waals surface area contributed by atoms with E-state index >= 15 is 0 Å². The molecular formula is C17H21BrO. The quantitative estimate of drug-likeness (QED) is 0.723. The van der Waals surface area contributed by atoms with E-state index in [0.29, 0.717) is 4.83 Å². The molecule has 19 heavy (non-hydrogen) atoms. The number of fused-ring (bicyclic) bond motifs is 5. The van der Waals surface area contributed by atoms with Gasteiger partial charge in [-0.1, -0.05) is 28.1 Å². The van der Waals surface area contributed by atoms with E-state index in [-0.39, 0.29) is 0 Å². The van der Waals surface area contributed by atoms with Crippen LogP contribution in [0, 0.1) is 29.6 Å². The van der Waals surface area contributed by atoms with Crippen LogP contribution in [0.5, 0.6) is 5.75 Å². The third kappa shape index (κ3) is 1.86. The maximum absolute atomic E-state index is 5.52. The van der Waals surface area contributed by atoms with Crippen molar-refractivity contribution in [1.29, 1.82) is 0 Å². The van der Waals surface area contributed by atoms with Gasteiger partial charge in [0.15, 0.2) is 0 Å². The fourth-order valence-corrected chi connectivity index (χ4v) is 5.93. The molecule has 0 radical (unpaired) electrons. The van der Waals surface area contributed by atoms with Crippen molar-refractivity contribution in [2.75, 3.05) is 6.61 Å². The molecule has 0 spiro atoms. The fourth-order valence-electron chi connectivity index (χ4n) is 4.92. The molecule has 3 aliphatic rings. The van der Waals surface area contributed by atoms with Gasteiger partial charge in [-0.2, -0.15) is 0 Å². The highest BCUT2D eigenvalue weighted by molar-refractivity contribution is 9.09. The second kappa shape index (κ2) is 4.51. The Bertz CT molecular complexity index is 453. The Balaban J connectivity index is 1.48. The summed E-state index contributed by atoms with van der Waals surface area (Å²) in [4.78, 5) is 0.557. The Morgan fingerprint density at radius 2 is 1.79 bits per heavy atom. The minimum atomic E-state index is 0.557. The molecule has 0 N–H and O–H groups in total. The van der Waals surface area contributed by atoms with Gasteiger partial charge in [0.25, 0.3) is 0 Å². The van der Waals surface area contributed by atoms with Gasteiger partial charge < -0.3 is 4.74 Å². The van der Waals surface area contributed by atoms with Crippen LogP contribution in [0.1, 0.15) is 36.6 Å². The summed E-state index contributed by atoms with van der Waals surface area (Å²) < 4.78 is 5.52. The molecule has 3 aliphatic carbocycles. The van der Waals surface area contributed by atoms with Crippen LogP contribution in [0.25, 0.3) is 0 Å². The van der Waals surface area contributed by atoms with Crippen molar-refractivity contribution in [2.45, 2.75) is 31.0 Å². The van der Waals surface area contributed by atoms with Crippen molar-refractivity contribution in [3.63, 3.8) is 0 Å². The monoisotopic (exact) mass is 320 g/mol. The minimum absolute atomic E-state index is 0.557. The highest BCUT2D eigenvalue weighted by Crippen LogP contribution is 2.73. The summed E-state index contributed by atoms with van der Waals surface area (Å²) in [6, 6.07) is 8.69. The van der Waals surface area contributed by atoms with Gasteiger partial charge in [-0.3, -0.25) is 0 Å². The van der Waals surface area contributed by atoms with Gasteiger partial charge in [-0.15, -0.1) is 0 Å². The number of ether oxygens (including phenoxy) is 1. The lowest BCUT2D eigenvalue weighted by atomic mass is 9.97. The fraction of sp³-hybridized carbons (Fsp3) is 0.647. The Kier molecular flexibility index (Phi) is 2.91. The molecule has 5 unspecified atom stereocenters. The van der Waals surface area contributed by atoms with Gasteiger partial charge in [0.2, 0.25) is 0 Å². The first-order valence-electron chi connectivity index (χ1n) is 7.66. The van der Waals surface area contributed by atoms with E-state index in [1.807, 2.05) is 6.92 Å². The van der Waals surface area contributed by atoms with E-state index in [0.717, 1.165) is 41.9 Å². The van der Waals surface area contributed by atoms with E-state index < -0.39 is 0 Å². The van der Waals surface area contributed by atoms with Crippen LogP contribution in [0.4, 0.5) is 0 Å². The third-order valence-electron chi connectivity index (χ3n) is 5.64. The first-order valence-corrected chi connectivity index (χ1v) is 8.58. The molecule has 1 aromatic rings. The van der Waals surface area contributed by atoms with Crippen molar-refractivity contribution in [1.82, 2.24) is 0 Å². The number of alkyl halides is 1. The van der Waals surface area contributed by atoms with Crippen LogP contribution in [0.3, 0.4) is 0 Å². The number of halogens is 1. The lowest BCUT2D eigenvalue weighted by molar-refractivity contribution is 0.340. The zero-order chi connectivity index (χ0) is 13.0. The number of hydrogen-bond acceptors (Lipinski definition) is 1. The molecule has 0 amide bonds. The second-order valence-electron chi connectivity index (χ2n) is 6.47. The van der Waals surface area contributed by atoms with E-state index in [1.165, 1.54) is 24.8 Å². The Morgan fingerprint density at radius 1 is 1.16 bits per heavy atom. The molecule has 2 heteroatoms. The Hall–Kier alpha value is -0.500. The predicted octanol–water partition coefficient (Wildman–Crippen LogP) is 4.81. The summed E-state index contributed by atoms with van der Waals surface area (Å²) in [6.45, 7) is 2.77. The highest BCUT2D eigenvalue weighted by Gasteiger charge is 2.66. The van der Waals surface area contributed by atoms with E-state index in [9.17, 15) is 0 Å². The molecule has 5 atom stereocenters. The number of hydrogen-bond donors (Lipinski definition) is 0. The molecule has 1 aromatic carbocycles. The van der Waals surface area contributed by atoms with E-state index in [2.05, 4.69) is 40.2 Å². The SMILES string of the molecule is CCOc1ccc(C(Br)C2C3C4CCC(C4)C32)cc1. The summed E-state index contributed by atoms with van der Waals surface area (Å²) in [7, 11) is 0. The first-order chi connectivity index (χ1) is 9.29. The zero-order valence-corrected chi connectivity index (χ0v) is 13.0. The molecular weight excluding hydrogens is 300 g/mol. The lowest BCUT2D eigenvalue weighted by Crippen LogP contribution is -2.04. The van der Waals surface area contributed by atoms with Crippen molar-refractivity contribution in [3.05, 3.63) is 29.8 Å². The van der Waals surface area contributed by atoms with Crippen LogP contribution in [-0.4, -0.2) is 6.61 Å². The van der Waals surface area contributed by atoms with Gasteiger partial charge in [-0.05, 0) is 73.5 Å². The van der Waals surface area contributed by atoms with Crippen molar-refractivity contribution >= 4 is 15.9 Å². The summed E-state index contributed by atoms with van der Waals surface area (Å²) >= 11 is 3.97. The van der Waals surface area contributed by atoms with E-state index in [1.54, 1.807) is 0 Å². The number of benzene rings is 1. The van der Waals surface area contributed by atoms with Gasteiger partial charge in [0.05, 0.1) is 6.61 Å². The summed E-state index contributed by atoms with van der Waals surface area (Å²) in [5.74, 6) is 6.08. The molecule has 3 fully saturated rings. The summed E-state index contributed by atoms with van der Waals surface area (Å²) in [6.07, 6.45) is 4.55. The van der Waals surface area contributed by atoms with Crippen LogP contribution >= 0.6 is 15.9 Å². The predicted molar refractivity (Wildman–Crippen MR) is 80.6 cm³/mol. The zero-order valence-electron chi connectivity index (χ0n) is 11.4. The lowest BCUT2D eigenvalue weighted by Gasteiger charge is -2.15. The standard InChI is InChI=1S/C17H21BrO/c1-2-19-13-7-5-10(6-8-13)17(18)16-14-11-3-4-12(9-11)15(14)16/h5-8,11-12,14-17H,2-4,9H2,1H3. The molecule has 0 saturated heterocycles. The second-order valence-corrected chi connectivity index (χ2v) is 7.46. The molecule has 0 aromatic heterocycles. The van der Waals surface area contributed by atoms with Gasteiger partial charge in [0.1, 0.15) is 5.75 Å². The Morgan fingerprint density at radius 3 is 2.37 bits per heavy atom. The maximum atomic E-state index is 5.52. The number of rotatable bonds is 4. The smallest absolute Gasteiger partial charge is 0.119 e. The van der Waals surface area contributed by atoms with Crippen molar-refractivity contribution < 1.29 is 4.74 Å². The molecule has 1 nitrogen and oxygen atoms in total. The molecule has 0 heterocycles. The van der Waals surface area contributed by atoms with E-state index in [4.69, 9.17) is 4.74 Å². The maximum Gasteiger partial charge on any atom is 0.119 e. The van der Waals surface area contributed by atoms with Crippen LogP contribution in [-0.2, 0) is 0 Å². The third-order valence-corrected chi connectivity index (χ3v) is 6.78. The molecule has 2 bridgehead atoms. The van der Waals surface area contributed by atoms with Crippen LogP contribution in [0.2, 0.25) is 0 Å². The molecule has 4 rings (SSSR count). The normalized spacial score (nSPS) is 40.0. The van der Waals surface area contributed by atoms with Crippen LogP contribution < -0.4 is 4.74 Å². The van der Waals surface area contributed by atoms with Crippen molar-refractivity contribution in [3.8, 4) is 5.75 Å². The first kappa shape index (κ1) is 12.3. The highest BCUT2D eigenvalue weighted by atomic mass is 79.9. The van der Waals surface area contributed by atoms with Crippen molar-refractivity contribution in [2.24, 2.45) is 29.6 Å². The van der Waals surface area contributed by atoms with Gasteiger partial charge in [-0.25, -0.2) is 0 Å². The average Bonchev–Trinajstić information content (AvgIpc) is 2.87.